The highest BCUT2D eigenvalue weighted by Crippen LogP contribution is 2.13. The molecule has 0 spiro atoms. The van der Waals surface area contributed by atoms with Gasteiger partial charge < -0.3 is 10.2 Å². The summed E-state index contributed by atoms with van der Waals surface area (Å²) in [6.07, 6.45) is 3.20. The Labute approximate surface area is 91.0 Å². The molecular weight excluding hydrogens is 192 g/mol. The molecule has 1 aliphatic heterocycles. The van der Waals surface area contributed by atoms with E-state index in [2.05, 4.69) is 12.2 Å². The van der Waals surface area contributed by atoms with Crippen LogP contribution < -0.4 is 5.32 Å². The summed E-state index contributed by atoms with van der Waals surface area (Å²) in [6.45, 7) is 6.53. The molecule has 1 saturated heterocycles. The van der Waals surface area contributed by atoms with Crippen LogP contribution in [-0.2, 0) is 9.59 Å². The molecule has 15 heavy (non-hydrogen) atoms. The molecular formula is C11H20N2O2. The van der Waals surface area contributed by atoms with Gasteiger partial charge in [0.2, 0.25) is 11.8 Å². The third-order valence-electron chi connectivity index (χ3n) is 2.64. The number of nitrogens with zero attached hydrogens (tertiary/aromatic N) is 1. The highest BCUT2D eigenvalue weighted by molar-refractivity contribution is 5.97. The first-order chi connectivity index (χ1) is 6.97. The summed E-state index contributed by atoms with van der Waals surface area (Å²) >= 11 is 0. The van der Waals surface area contributed by atoms with Gasteiger partial charge in [-0.1, -0.05) is 19.8 Å². The molecule has 0 unspecified atom stereocenters. The molecule has 4 nitrogen and oxygen atoms in total. The van der Waals surface area contributed by atoms with Gasteiger partial charge in [-0.2, -0.15) is 0 Å². The summed E-state index contributed by atoms with van der Waals surface area (Å²) in [6, 6.07) is 0. The highest BCUT2D eigenvalue weighted by Gasteiger charge is 2.38. The van der Waals surface area contributed by atoms with Gasteiger partial charge in [0.25, 0.3) is 0 Å². The largest absolute Gasteiger partial charge is 0.341 e. The molecule has 1 rings (SSSR count). The van der Waals surface area contributed by atoms with E-state index in [1.165, 1.54) is 0 Å². The average Bonchev–Trinajstić information content (AvgIpc) is 2.13. The molecule has 0 aromatic carbocycles. The van der Waals surface area contributed by atoms with Gasteiger partial charge in [0, 0.05) is 6.54 Å². The Kier molecular flexibility index (Phi) is 3.72. The summed E-state index contributed by atoms with van der Waals surface area (Å²) in [5.74, 6) is -0.0331. The SMILES string of the molecule is CCCCCN1CC(=O)NC(C)(C)C1=O. The minimum atomic E-state index is -0.735. The number of unbranched alkanes of at least 4 members (excludes halogenated alkanes) is 2. The van der Waals surface area contributed by atoms with Crippen LogP contribution in [-0.4, -0.2) is 35.3 Å². The van der Waals surface area contributed by atoms with E-state index in [-0.39, 0.29) is 18.4 Å². The summed E-state index contributed by atoms with van der Waals surface area (Å²) < 4.78 is 0. The van der Waals surface area contributed by atoms with E-state index in [9.17, 15) is 9.59 Å². The lowest BCUT2D eigenvalue weighted by atomic mass is 10.0. The Morgan fingerprint density at radius 3 is 2.60 bits per heavy atom. The van der Waals surface area contributed by atoms with Crippen molar-refractivity contribution in [3.8, 4) is 0 Å². The van der Waals surface area contributed by atoms with E-state index in [0.717, 1.165) is 19.3 Å². The molecule has 1 heterocycles. The standard InChI is InChI=1S/C11H20N2O2/c1-4-5-6-7-13-8-9(14)12-11(2,3)10(13)15/h4-8H2,1-3H3,(H,12,14). The van der Waals surface area contributed by atoms with Gasteiger partial charge in [0.15, 0.2) is 0 Å². The van der Waals surface area contributed by atoms with Crippen LogP contribution in [0.15, 0.2) is 0 Å². The van der Waals surface area contributed by atoms with Gasteiger partial charge in [0.05, 0.1) is 6.54 Å². The summed E-state index contributed by atoms with van der Waals surface area (Å²) in [5.41, 5.74) is -0.735. The van der Waals surface area contributed by atoms with Crippen LogP contribution in [0.1, 0.15) is 40.0 Å². The molecule has 0 aliphatic carbocycles. The fraction of sp³-hybridized carbons (Fsp3) is 0.818. The molecule has 1 aliphatic rings. The van der Waals surface area contributed by atoms with Crippen molar-refractivity contribution in [2.24, 2.45) is 0 Å². The molecule has 0 bridgehead atoms. The number of rotatable bonds is 4. The van der Waals surface area contributed by atoms with Crippen LogP contribution in [0.25, 0.3) is 0 Å². The van der Waals surface area contributed by atoms with Crippen molar-refractivity contribution in [2.75, 3.05) is 13.1 Å². The van der Waals surface area contributed by atoms with Crippen LogP contribution in [0.2, 0.25) is 0 Å². The predicted octanol–water partition coefficient (Wildman–Crippen LogP) is 0.914. The average molecular weight is 212 g/mol. The molecule has 1 N–H and O–H groups in total. The van der Waals surface area contributed by atoms with Crippen LogP contribution in [0.5, 0.6) is 0 Å². The number of piperazine rings is 1. The second-order valence-electron chi connectivity index (χ2n) is 4.61. The van der Waals surface area contributed by atoms with Gasteiger partial charge in [-0.25, -0.2) is 0 Å². The van der Waals surface area contributed by atoms with E-state index in [4.69, 9.17) is 0 Å². The Hall–Kier alpha value is -1.06. The van der Waals surface area contributed by atoms with Gasteiger partial charge >= 0.3 is 0 Å². The van der Waals surface area contributed by atoms with E-state index < -0.39 is 5.54 Å². The number of amides is 2. The maximum absolute atomic E-state index is 11.9. The number of carbonyl (C=O) groups excluding carboxylic acids is 2. The first kappa shape index (κ1) is 12.0. The summed E-state index contributed by atoms with van der Waals surface area (Å²) in [4.78, 5) is 24.9. The molecule has 1 fully saturated rings. The van der Waals surface area contributed by atoms with Crippen molar-refractivity contribution in [1.82, 2.24) is 10.2 Å². The second kappa shape index (κ2) is 4.64. The first-order valence-corrected chi connectivity index (χ1v) is 5.57. The van der Waals surface area contributed by atoms with Crippen molar-refractivity contribution in [1.29, 1.82) is 0 Å². The van der Waals surface area contributed by atoms with Gasteiger partial charge in [-0.15, -0.1) is 0 Å². The third-order valence-corrected chi connectivity index (χ3v) is 2.64. The maximum atomic E-state index is 11.9. The quantitative estimate of drug-likeness (QED) is 0.704. The topological polar surface area (TPSA) is 49.4 Å². The molecule has 0 atom stereocenters. The van der Waals surface area contributed by atoms with Crippen LogP contribution in [0, 0.1) is 0 Å². The van der Waals surface area contributed by atoms with Crippen molar-refractivity contribution in [2.45, 2.75) is 45.6 Å². The number of nitrogens with one attached hydrogen (secondary N) is 1. The molecule has 86 valence electrons. The Bertz CT molecular complexity index is 261. The lowest BCUT2D eigenvalue weighted by molar-refractivity contribution is -0.148. The van der Waals surface area contributed by atoms with Crippen molar-refractivity contribution < 1.29 is 9.59 Å². The Balaban J connectivity index is 2.55. The second-order valence-corrected chi connectivity index (χ2v) is 4.61. The van der Waals surface area contributed by atoms with Crippen LogP contribution >= 0.6 is 0 Å². The molecule has 4 heteroatoms. The maximum Gasteiger partial charge on any atom is 0.248 e. The zero-order valence-corrected chi connectivity index (χ0v) is 9.80. The highest BCUT2D eigenvalue weighted by atomic mass is 16.2. The summed E-state index contributed by atoms with van der Waals surface area (Å²) in [7, 11) is 0. The third kappa shape index (κ3) is 2.94. The first-order valence-electron chi connectivity index (χ1n) is 5.57. The minimum Gasteiger partial charge on any atom is -0.341 e. The van der Waals surface area contributed by atoms with Crippen molar-refractivity contribution >= 4 is 11.8 Å². The molecule has 2 amide bonds. The Morgan fingerprint density at radius 1 is 1.33 bits per heavy atom. The van der Waals surface area contributed by atoms with Gasteiger partial charge in [-0.3, -0.25) is 9.59 Å². The summed E-state index contributed by atoms with van der Waals surface area (Å²) in [5, 5.41) is 2.70. The van der Waals surface area contributed by atoms with Gasteiger partial charge in [0.1, 0.15) is 5.54 Å². The van der Waals surface area contributed by atoms with E-state index in [0.29, 0.717) is 6.54 Å². The lowest BCUT2D eigenvalue weighted by Crippen LogP contribution is -2.63. The molecule has 0 aromatic rings. The fourth-order valence-electron chi connectivity index (χ4n) is 1.82. The molecule has 0 saturated carbocycles. The predicted molar refractivity (Wildman–Crippen MR) is 58.3 cm³/mol. The number of hydrogen-bond donors (Lipinski definition) is 1. The van der Waals surface area contributed by atoms with E-state index >= 15 is 0 Å². The number of carbonyl (C=O) groups is 2. The van der Waals surface area contributed by atoms with Crippen molar-refractivity contribution in [3.05, 3.63) is 0 Å². The normalized spacial score (nSPS) is 20.3. The smallest absolute Gasteiger partial charge is 0.248 e. The van der Waals surface area contributed by atoms with Gasteiger partial charge in [-0.05, 0) is 20.3 Å². The van der Waals surface area contributed by atoms with E-state index in [1.54, 1.807) is 18.7 Å². The van der Waals surface area contributed by atoms with Crippen molar-refractivity contribution in [3.63, 3.8) is 0 Å². The zero-order chi connectivity index (χ0) is 11.5. The lowest BCUT2D eigenvalue weighted by Gasteiger charge is -2.37. The number of hydrogen-bond acceptors (Lipinski definition) is 2. The molecule has 0 aromatic heterocycles. The zero-order valence-electron chi connectivity index (χ0n) is 9.80. The molecule has 0 radical (unpaired) electrons. The fourth-order valence-corrected chi connectivity index (χ4v) is 1.82. The minimum absolute atomic E-state index is 0.0261. The van der Waals surface area contributed by atoms with Crippen LogP contribution in [0.4, 0.5) is 0 Å². The van der Waals surface area contributed by atoms with E-state index in [1.807, 2.05) is 0 Å². The monoisotopic (exact) mass is 212 g/mol. The van der Waals surface area contributed by atoms with Crippen LogP contribution in [0.3, 0.4) is 0 Å². The Morgan fingerprint density at radius 2 is 2.00 bits per heavy atom.